The highest BCUT2D eigenvalue weighted by Crippen LogP contribution is 2.22. The minimum atomic E-state index is 0.192. The molecule has 1 aliphatic heterocycles. The van der Waals surface area contributed by atoms with E-state index in [0.717, 1.165) is 42.6 Å². The predicted octanol–water partition coefficient (Wildman–Crippen LogP) is 2.11. The van der Waals surface area contributed by atoms with Crippen molar-refractivity contribution in [2.45, 2.75) is 39.7 Å². The normalized spacial score (nSPS) is 15.4. The highest BCUT2D eigenvalue weighted by atomic mass is 16.3. The summed E-state index contributed by atoms with van der Waals surface area (Å²) in [4.78, 5) is 13.9. The van der Waals surface area contributed by atoms with Crippen LogP contribution in [0.5, 0.6) is 5.75 Å². The Kier molecular flexibility index (Phi) is 5.01. The first-order chi connectivity index (χ1) is 9.58. The monoisotopic (exact) mass is 276 g/mol. The van der Waals surface area contributed by atoms with E-state index in [1.807, 2.05) is 30.9 Å². The van der Waals surface area contributed by atoms with Crippen LogP contribution in [0.2, 0.25) is 0 Å². The molecule has 0 atom stereocenters. The first-order valence-corrected chi connectivity index (χ1v) is 7.35. The van der Waals surface area contributed by atoms with Gasteiger partial charge >= 0.3 is 0 Å². The molecule has 0 aromatic heterocycles. The number of nitrogens with zero attached hydrogens (tertiary/aromatic N) is 1. The predicted molar refractivity (Wildman–Crippen MR) is 79.7 cm³/mol. The Balaban J connectivity index is 1.82. The lowest BCUT2D eigenvalue weighted by atomic mass is 10.1. The van der Waals surface area contributed by atoms with Crippen molar-refractivity contribution in [2.24, 2.45) is 0 Å². The Morgan fingerprint density at radius 3 is 2.40 bits per heavy atom. The van der Waals surface area contributed by atoms with E-state index in [0.29, 0.717) is 18.8 Å². The Hall–Kier alpha value is -1.55. The molecule has 1 aliphatic rings. The van der Waals surface area contributed by atoms with E-state index in [4.69, 9.17) is 0 Å². The fourth-order valence-electron chi connectivity index (χ4n) is 2.72. The number of aromatic hydroxyl groups is 1. The molecule has 20 heavy (non-hydrogen) atoms. The van der Waals surface area contributed by atoms with Crippen molar-refractivity contribution in [1.82, 2.24) is 10.2 Å². The molecule has 1 aromatic rings. The molecule has 0 unspecified atom stereocenters. The van der Waals surface area contributed by atoms with E-state index in [-0.39, 0.29) is 5.91 Å². The maximum absolute atomic E-state index is 12.0. The molecule has 1 aromatic carbocycles. The molecule has 0 saturated carbocycles. The number of likely N-dealkylation sites (tertiary alicyclic amines) is 1. The standard InChI is InChI=1S/C16H24N2O2/c1-12-8-14(9-13(2)16(12)20)10-17-11-15(19)18-6-4-3-5-7-18/h8-9,17,20H,3-7,10-11H2,1-2H3. The van der Waals surface area contributed by atoms with E-state index >= 15 is 0 Å². The highest BCUT2D eigenvalue weighted by molar-refractivity contribution is 5.78. The first kappa shape index (κ1) is 14.9. The molecule has 0 radical (unpaired) electrons. The Labute approximate surface area is 120 Å². The summed E-state index contributed by atoms with van der Waals surface area (Å²) in [6, 6.07) is 3.92. The van der Waals surface area contributed by atoms with Crippen LogP contribution in [-0.4, -0.2) is 35.5 Å². The number of aryl methyl sites for hydroxylation is 2. The third kappa shape index (κ3) is 3.73. The van der Waals surface area contributed by atoms with Crippen molar-refractivity contribution in [1.29, 1.82) is 0 Å². The summed E-state index contributed by atoms with van der Waals surface area (Å²) in [6.07, 6.45) is 3.49. The van der Waals surface area contributed by atoms with Crippen LogP contribution < -0.4 is 5.32 Å². The third-order valence-corrected chi connectivity index (χ3v) is 3.86. The van der Waals surface area contributed by atoms with Gasteiger partial charge in [0, 0.05) is 19.6 Å². The summed E-state index contributed by atoms with van der Waals surface area (Å²) in [5.41, 5.74) is 2.86. The molecule has 1 heterocycles. The van der Waals surface area contributed by atoms with Gasteiger partial charge in [0.25, 0.3) is 0 Å². The second-order valence-corrected chi connectivity index (χ2v) is 5.62. The Bertz CT molecular complexity index is 456. The van der Waals surface area contributed by atoms with Crippen molar-refractivity contribution in [2.75, 3.05) is 19.6 Å². The van der Waals surface area contributed by atoms with E-state index in [9.17, 15) is 9.90 Å². The lowest BCUT2D eigenvalue weighted by molar-refractivity contribution is -0.131. The minimum Gasteiger partial charge on any atom is -0.507 e. The van der Waals surface area contributed by atoms with Gasteiger partial charge in [0.1, 0.15) is 5.75 Å². The van der Waals surface area contributed by atoms with E-state index in [2.05, 4.69) is 5.32 Å². The Morgan fingerprint density at radius 1 is 1.20 bits per heavy atom. The molecular formula is C16H24N2O2. The maximum atomic E-state index is 12.0. The van der Waals surface area contributed by atoms with Gasteiger partial charge in [-0.2, -0.15) is 0 Å². The number of hydrogen-bond acceptors (Lipinski definition) is 3. The zero-order valence-electron chi connectivity index (χ0n) is 12.4. The molecule has 110 valence electrons. The van der Waals surface area contributed by atoms with Gasteiger partial charge in [0.05, 0.1) is 6.54 Å². The molecule has 4 nitrogen and oxygen atoms in total. The second-order valence-electron chi connectivity index (χ2n) is 5.62. The summed E-state index contributed by atoms with van der Waals surface area (Å²) < 4.78 is 0. The lowest BCUT2D eigenvalue weighted by Crippen LogP contribution is -2.40. The molecule has 0 spiro atoms. The number of phenols is 1. The van der Waals surface area contributed by atoms with Gasteiger partial charge < -0.3 is 15.3 Å². The SMILES string of the molecule is Cc1cc(CNCC(=O)N2CCCCC2)cc(C)c1O. The van der Waals surface area contributed by atoms with Crippen molar-refractivity contribution in [3.8, 4) is 5.75 Å². The molecule has 0 bridgehead atoms. The number of piperidine rings is 1. The largest absolute Gasteiger partial charge is 0.507 e. The molecule has 2 N–H and O–H groups in total. The highest BCUT2D eigenvalue weighted by Gasteiger charge is 2.15. The summed E-state index contributed by atoms with van der Waals surface area (Å²) in [5.74, 6) is 0.551. The van der Waals surface area contributed by atoms with Crippen molar-refractivity contribution in [3.63, 3.8) is 0 Å². The molecule has 0 aliphatic carbocycles. The van der Waals surface area contributed by atoms with Gasteiger partial charge in [-0.15, -0.1) is 0 Å². The zero-order valence-corrected chi connectivity index (χ0v) is 12.4. The average molecular weight is 276 g/mol. The van der Waals surface area contributed by atoms with Gasteiger partial charge in [-0.05, 0) is 49.8 Å². The fraction of sp³-hybridized carbons (Fsp3) is 0.562. The van der Waals surface area contributed by atoms with Gasteiger partial charge in [0.15, 0.2) is 0 Å². The molecule has 1 fully saturated rings. The van der Waals surface area contributed by atoms with Crippen LogP contribution in [0.1, 0.15) is 36.0 Å². The molecular weight excluding hydrogens is 252 g/mol. The van der Waals surface area contributed by atoms with E-state index < -0.39 is 0 Å². The zero-order chi connectivity index (χ0) is 14.5. The van der Waals surface area contributed by atoms with Crippen LogP contribution in [-0.2, 0) is 11.3 Å². The van der Waals surface area contributed by atoms with Crippen LogP contribution in [0, 0.1) is 13.8 Å². The van der Waals surface area contributed by atoms with Crippen molar-refractivity contribution in [3.05, 3.63) is 28.8 Å². The van der Waals surface area contributed by atoms with Crippen LogP contribution in [0.15, 0.2) is 12.1 Å². The van der Waals surface area contributed by atoms with Crippen LogP contribution in [0.25, 0.3) is 0 Å². The number of carbonyl (C=O) groups excluding carboxylic acids is 1. The summed E-state index contributed by atoms with van der Waals surface area (Å²) in [6.45, 7) is 6.63. The number of phenolic OH excluding ortho intramolecular Hbond substituents is 1. The number of benzene rings is 1. The molecule has 4 heteroatoms. The molecule has 1 amide bonds. The topological polar surface area (TPSA) is 52.6 Å². The number of hydrogen-bond donors (Lipinski definition) is 2. The van der Waals surface area contributed by atoms with Gasteiger partial charge in [-0.1, -0.05) is 12.1 Å². The second kappa shape index (κ2) is 6.75. The maximum Gasteiger partial charge on any atom is 0.236 e. The van der Waals surface area contributed by atoms with E-state index in [1.165, 1.54) is 6.42 Å². The summed E-state index contributed by atoms with van der Waals surface area (Å²) in [7, 11) is 0. The molecule has 1 saturated heterocycles. The minimum absolute atomic E-state index is 0.192. The number of nitrogens with one attached hydrogen (secondary N) is 1. The van der Waals surface area contributed by atoms with E-state index in [1.54, 1.807) is 0 Å². The average Bonchev–Trinajstić information content (AvgIpc) is 2.45. The van der Waals surface area contributed by atoms with Crippen molar-refractivity contribution >= 4 is 5.91 Å². The van der Waals surface area contributed by atoms with Crippen LogP contribution >= 0.6 is 0 Å². The van der Waals surface area contributed by atoms with Gasteiger partial charge in [-0.3, -0.25) is 4.79 Å². The first-order valence-electron chi connectivity index (χ1n) is 7.35. The lowest BCUT2D eigenvalue weighted by Gasteiger charge is -2.26. The summed E-state index contributed by atoms with van der Waals surface area (Å²) >= 11 is 0. The quantitative estimate of drug-likeness (QED) is 0.885. The number of amides is 1. The molecule has 2 rings (SSSR count). The fourth-order valence-corrected chi connectivity index (χ4v) is 2.72. The number of carbonyl (C=O) groups is 1. The van der Waals surface area contributed by atoms with Crippen LogP contribution in [0.4, 0.5) is 0 Å². The smallest absolute Gasteiger partial charge is 0.236 e. The van der Waals surface area contributed by atoms with Crippen molar-refractivity contribution < 1.29 is 9.90 Å². The van der Waals surface area contributed by atoms with Gasteiger partial charge in [0.2, 0.25) is 5.91 Å². The third-order valence-electron chi connectivity index (χ3n) is 3.86. The van der Waals surface area contributed by atoms with Gasteiger partial charge in [-0.25, -0.2) is 0 Å². The Morgan fingerprint density at radius 2 is 1.80 bits per heavy atom. The number of rotatable bonds is 4. The van der Waals surface area contributed by atoms with Crippen LogP contribution in [0.3, 0.4) is 0 Å². The summed E-state index contributed by atoms with van der Waals surface area (Å²) in [5, 5.41) is 12.9.